The molecule has 2 aliphatic rings. The van der Waals surface area contributed by atoms with Gasteiger partial charge in [0.1, 0.15) is 11.4 Å². The van der Waals surface area contributed by atoms with Crippen LogP contribution in [-0.2, 0) is 4.79 Å². The zero-order valence-electron chi connectivity index (χ0n) is 18.0. The summed E-state index contributed by atoms with van der Waals surface area (Å²) in [6, 6.07) is 20.0. The summed E-state index contributed by atoms with van der Waals surface area (Å²) in [7, 11) is 0. The number of amides is 1. The fourth-order valence-corrected chi connectivity index (χ4v) is 4.47. The minimum atomic E-state index is -0.518. The number of carbonyl (C=O) groups is 1. The highest BCUT2D eigenvalue weighted by atomic mass is 32.2. The molecule has 0 aliphatic carbocycles. The third-order valence-electron chi connectivity index (χ3n) is 5.65. The van der Waals surface area contributed by atoms with Crippen LogP contribution in [0.2, 0.25) is 0 Å². The second-order valence-electron chi connectivity index (χ2n) is 7.68. The largest absolute Gasteiger partial charge is 0.493 e. The van der Waals surface area contributed by atoms with Crippen LogP contribution in [-0.4, -0.2) is 28.9 Å². The first kappa shape index (κ1) is 20.6. The van der Waals surface area contributed by atoms with Gasteiger partial charge >= 0.3 is 0 Å². The maximum Gasteiger partial charge on any atom is 0.276 e. The zero-order valence-corrected chi connectivity index (χ0v) is 18.9. The number of hydrazone groups is 1. The number of amidine groups is 1. The average molecular weight is 445 g/mol. The number of unbranched alkanes of at least 4 members (excludes halogenated alkanes) is 1. The molecule has 3 aromatic rings. The first-order chi connectivity index (χ1) is 15.7. The summed E-state index contributed by atoms with van der Waals surface area (Å²) in [5, 5.41) is 13.6. The number of para-hydroxylation sites is 1. The van der Waals surface area contributed by atoms with Crippen molar-refractivity contribution in [3.05, 3.63) is 76.8 Å². The van der Waals surface area contributed by atoms with Crippen LogP contribution in [0.4, 0.5) is 0 Å². The van der Waals surface area contributed by atoms with Gasteiger partial charge in [0.05, 0.1) is 12.0 Å². The molecule has 2 aliphatic heterocycles. The monoisotopic (exact) mass is 444 g/mol. The predicted molar refractivity (Wildman–Crippen MR) is 129 cm³/mol. The van der Waals surface area contributed by atoms with Gasteiger partial charge in [-0.3, -0.25) is 15.1 Å². The molecule has 0 aromatic heterocycles. The summed E-state index contributed by atoms with van der Waals surface area (Å²) in [6.07, 6.45) is 3.40. The number of carbonyl (C=O) groups excluding carboxylic acids is 1. The Morgan fingerprint density at radius 3 is 2.75 bits per heavy atom. The van der Waals surface area contributed by atoms with Gasteiger partial charge < -0.3 is 4.74 Å². The quantitative estimate of drug-likeness (QED) is 0.612. The molecular weight excluding hydrogens is 420 g/mol. The molecule has 0 saturated carbocycles. The van der Waals surface area contributed by atoms with Crippen LogP contribution in [0.3, 0.4) is 0 Å². The third-order valence-corrected chi connectivity index (χ3v) is 6.22. The Morgan fingerprint density at radius 2 is 1.91 bits per heavy atom. The maximum absolute atomic E-state index is 13.1. The van der Waals surface area contributed by atoms with Gasteiger partial charge in [-0.2, -0.15) is 0 Å². The van der Waals surface area contributed by atoms with Crippen LogP contribution in [0, 0.1) is 0 Å². The van der Waals surface area contributed by atoms with Crippen molar-refractivity contribution in [2.24, 2.45) is 10.1 Å². The van der Waals surface area contributed by atoms with Crippen LogP contribution < -0.4 is 20.6 Å². The molecule has 1 atom stereocenters. The first-order valence-corrected chi connectivity index (χ1v) is 12.0. The van der Waals surface area contributed by atoms with Crippen molar-refractivity contribution in [1.29, 1.82) is 0 Å². The number of hydrogen-bond donors (Lipinski definition) is 1. The SMILES string of the molecule is CCCCOc1ccc2ccccc2c1[C@@H]1N=c2ccccc2=C2C(=O)NC(SC)=NN21. The van der Waals surface area contributed by atoms with Crippen molar-refractivity contribution in [2.75, 3.05) is 12.9 Å². The Hall–Kier alpha value is -3.32. The lowest BCUT2D eigenvalue weighted by molar-refractivity contribution is -0.116. The topological polar surface area (TPSA) is 66.3 Å². The molecule has 5 rings (SSSR count). The molecule has 1 amide bonds. The van der Waals surface area contributed by atoms with Gasteiger partial charge in [0.25, 0.3) is 5.91 Å². The maximum atomic E-state index is 13.1. The molecule has 7 heteroatoms. The van der Waals surface area contributed by atoms with Gasteiger partial charge in [0.2, 0.25) is 0 Å². The molecule has 6 nitrogen and oxygen atoms in total. The summed E-state index contributed by atoms with van der Waals surface area (Å²) in [5.41, 5.74) is 1.43. The summed E-state index contributed by atoms with van der Waals surface area (Å²) in [6.45, 7) is 2.77. The standard InChI is InChI=1S/C25H24N4O2S/c1-3-4-15-31-20-14-13-16-9-5-6-10-17(16)21(20)23-26-19-12-8-7-11-18(19)22-24(30)27-25(32-2)28-29(22)23/h5-14,23H,3-4,15H2,1-2H3,(H,27,28,30)/t23-/m1/s1. The second-order valence-corrected chi connectivity index (χ2v) is 8.47. The van der Waals surface area contributed by atoms with Crippen LogP contribution in [0.5, 0.6) is 5.75 Å². The molecule has 32 heavy (non-hydrogen) atoms. The van der Waals surface area contributed by atoms with Crippen LogP contribution in [0.1, 0.15) is 31.5 Å². The summed E-state index contributed by atoms with van der Waals surface area (Å²) in [5.74, 6) is 0.599. The highest BCUT2D eigenvalue weighted by Crippen LogP contribution is 2.40. The number of thioether (sulfide) groups is 1. The molecule has 0 bridgehead atoms. The van der Waals surface area contributed by atoms with E-state index in [2.05, 4.69) is 30.4 Å². The Morgan fingerprint density at radius 1 is 1.09 bits per heavy atom. The Balaban J connectivity index is 1.78. The van der Waals surface area contributed by atoms with E-state index in [1.165, 1.54) is 11.8 Å². The van der Waals surface area contributed by atoms with Gasteiger partial charge in [0, 0.05) is 10.8 Å². The van der Waals surface area contributed by atoms with Gasteiger partial charge in [-0.25, -0.2) is 5.01 Å². The lowest BCUT2D eigenvalue weighted by atomic mass is 9.99. The Bertz CT molecular complexity index is 1350. The first-order valence-electron chi connectivity index (χ1n) is 10.8. The van der Waals surface area contributed by atoms with Crippen LogP contribution in [0.15, 0.2) is 70.8 Å². The molecule has 0 unspecified atom stereocenters. The van der Waals surface area contributed by atoms with E-state index in [4.69, 9.17) is 14.8 Å². The molecule has 3 aromatic carbocycles. The van der Waals surface area contributed by atoms with E-state index >= 15 is 0 Å². The Labute approximate surface area is 190 Å². The van der Waals surface area contributed by atoms with Crippen LogP contribution >= 0.6 is 11.8 Å². The lowest BCUT2D eigenvalue weighted by Gasteiger charge is -2.35. The number of benzene rings is 3. The van der Waals surface area contributed by atoms with Gasteiger partial charge in [-0.1, -0.05) is 73.6 Å². The van der Waals surface area contributed by atoms with Gasteiger partial charge in [-0.15, -0.1) is 5.10 Å². The Kier molecular flexibility index (Phi) is 5.57. The summed E-state index contributed by atoms with van der Waals surface area (Å²) >= 11 is 1.40. The minimum absolute atomic E-state index is 0.176. The number of fused-ring (bicyclic) bond motifs is 3. The molecule has 0 spiro atoms. The van der Waals surface area contributed by atoms with Gasteiger partial charge in [0.15, 0.2) is 11.3 Å². The molecule has 162 valence electrons. The van der Waals surface area contributed by atoms with E-state index in [1.807, 2.05) is 48.7 Å². The molecular formula is C25H24N4O2S. The predicted octanol–water partition coefficient (Wildman–Crippen LogP) is 3.52. The second kappa shape index (κ2) is 8.67. The molecule has 1 N–H and O–H groups in total. The molecule has 0 radical (unpaired) electrons. The van der Waals surface area contributed by atoms with E-state index in [0.29, 0.717) is 17.5 Å². The van der Waals surface area contributed by atoms with Crippen molar-refractivity contribution < 1.29 is 9.53 Å². The normalized spacial score (nSPS) is 17.2. The van der Waals surface area contributed by atoms with Crippen LogP contribution in [0.25, 0.3) is 16.5 Å². The lowest BCUT2D eigenvalue weighted by Crippen LogP contribution is -2.50. The highest BCUT2D eigenvalue weighted by molar-refractivity contribution is 8.13. The van der Waals surface area contributed by atoms with E-state index in [9.17, 15) is 4.79 Å². The van der Waals surface area contributed by atoms with Crippen molar-refractivity contribution in [2.45, 2.75) is 25.9 Å². The van der Waals surface area contributed by atoms with Crippen molar-refractivity contribution in [1.82, 2.24) is 10.3 Å². The summed E-state index contributed by atoms with van der Waals surface area (Å²) in [4.78, 5) is 18.2. The molecule has 0 fully saturated rings. The fraction of sp³-hybridized carbons (Fsp3) is 0.240. The fourth-order valence-electron chi connectivity index (χ4n) is 4.10. The van der Waals surface area contributed by atoms with E-state index < -0.39 is 6.17 Å². The minimum Gasteiger partial charge on any atom is -0.493 e. The van der Waals surface area contributed by atoms with Crippen molar-refractivity contribution >= 4 is 39.3 Å². The number of ether oxygens (including phenoxy) is 1. The molecule has 2 heterocycles. The number of hydrogen-bond acceptors (Lipinski definition) is 6. The summed E-state index contributed by atoms with van der Waals surface area (Å²) < 4.78 is 6.24. The van der Waals surface area contributed by atoms with Gasteiger partial charge in [-0.05, 0) is 35.6 Å². The van der Waals surface area contributed by atoms with E-state index in [1.54, 1.807) is 5.01 Å². The van der Waals surface area contributed by atoms with Crippen molar-refractivity contribution in [3.63, 3.8) is 0 Å². The number of nitrogens with one attached hydrogen (secondary N) is 1. The average Bonchev–Trinajstić information content (AvgIpc) is 2.83. The third kappa shape index (κ3) is 3.52. The highest BCUT2D eigenvalue weighted by Gasteiger charge is 2.36. The molecule has 0 saturated heterocycles. The van der Waals surface area contributed by atoms with E-state index in [0.717, 1.165) is 45.5 Å². The number of rotatable bonds is 5. The smallest absolute Gasteiger partial charge is 0.276 e. The number of nitrogens with zero attached hydrogens (tertiary/aromatic N) is 3. The van der Waals surface area contributed by atoms with Crippen molar-refractivity contribution in [3.8, 4) is 5.75 Å². The van der Waals surface area contributed by atoms with E-state index in [-0.39, 0.29) is 5.91 Å². The zero-order chi connectivity index (χ0) is 22.1.